The molecule has 1 saturated carbocycles. The molecule has 6 aromatic rings. The summed E-state index contributed by atoms with van der Waals surface area (Å²) < 4.78 is 42.6. The van der Waals surface area contributed by atoms with E-state index in [1.165, 1.54) is 27.6 Å². The van der Waals surface area contributed by atoms with Gasteiger partial charge in [-0.2, -0.15) is 10.2 Å². The van der Waals surface area contributed by atoms with E-state index in [1.54, 1.807) is 59.6 Å². The van der Waals surface area contributed by atoms with Gasteiger partial charge in [-0.1, -0.05) is 30.3 Å². The first-order chi connectivity index (χ1) is 25.0. The maximum absolute atomic E-state index is 16.0. The second kappa shape index (κ2) is 12.4. The third-order valence-corrected chi connectivity index (χ3v) is 10.7. The van der Waals surface area contributed by atoms with Crippen LogP contribution in [-0.4, -0.2) is 52.0 Å². The van der Waals surface area contributed by atoms with Crippen molar-refractivity contribution < 1.29 is 23.1 Å². The van der Waals surface area contributed by atoms with Gasteiger partial charge in [0.25, 0.3) is 0 Å². The topological polar surface area (TPSA) is 109 Å². The fraction of sp³-hybridized carbons (Fsp3) is 0.308. The fourth-order valence-corrected chi connectivity index (χ4v) is 7.87. The predicted molar refractivity (Wildman–Crippen MR) is 189 cm³/mol. The largest absolute Gasteiger partial charge is 0.445 e. The van der Waals surface area contributed by atoms with E-state index in [0.29, 0.717) is 65.1 Å². The van der Waals surface area contributed by atoms with Crippen molar-refractivity contribution in [1.29, 1.82) is 0 Å². The summed E-state index contributed by atoms with van der Waals surface area (Å²) in [6.45, 7) is 5.51. The maximum atomic E-state index is 16.0. The summed E-state index contributed by atoms with van der Waals surface area (Å²) in [5, 5.41) is 9.61. The Morgan fingerprint density at radius 3 is 2.37 bits per heavy atom. The average Bonchev–Trinajstić information content (AvgIpc) is 3.84. The summed E-state index contributed by atoms with van der Waals surface area (Å²) in [7, 11) is 1.71. The van der Waals surface area contributed by atoms with Gasteiger partial charge in [-0.15, -0.1) is 0 Å². The molecule has 266 valence electrons. The van der Waals surface area contributed by atoms with Crippen molar-refractivity contribution in [2.75, 3.05) is 6.54 Å². The van der Waals surface area contributed by atoms with Crippen molar-refractivity contribution in [1.82, 2.24) is 33.6 Å². The van der Waals surface area contributed by atoms with E-state index in [-0.39, 0.29) is 35.8 Å². The molecule has 4 heterocycles. The number of benzene rings is 3. The normalized spacial score (nSPS) is 16.8. The third-order valence-electron chi connectivity index (χ3n) is 10.7. The van der Waals surface area contributed by atoms with E-state index >= 15 is 4.39 Å². The van der Waals surface area contributed by atoms with E-state index in [4.69, 9.17) is 9.84 Å². The van der Waals surface area contributed by atoms with Gasteiger partial charge in [0.1, 0.15) is 24.0 Å². The summed E-state index contributed by atoms with van der Waals surface area (Å²) in [6.07, 6.45) is 5.42. The highest BCUT2D eigenvalue weighted by atomic mass is 19.1. The molecular formula is C39H37F2N7O4. The van der Waals surface area contributed by atoms with Crippen LogP contribution < -0.4 is 5.69 Å². The van der Waals surface area contributed by atoms with Gasteiger partial charge in [-0.05, 0) is 74.6 Å². The standard InChI is InChI=1S/C39H37F2N7O4/c1-23-18-27(19-24(2)33(23)40)48-36(46-17-16-45(37(46)50)31-11-10-30-29(34(31)41)20-42-44(30)4)32-25(3)47(38(51)52-21-26-8-6-5-7-9-26)22-39(35(32)43-48)14-12-28(49)13-15-39/h5-11,16-20,25H,12-15,21-22H2,1-4H3/t25-/m0/s1. The number of aryl methyl sites for hydroxylation is 3. The molecule has 3 aromatic heterocycles. The number of fused-ring (bicyclic) bond motifs is 3. The molecule has 2 aliphatic rings. The van der Waals surface area contributed by atoms with Crippen LogP contribution in [0, 0.1) is 25.5 Å². The van der Waals surface area contributed by atoms with E-state index in [9.17, 15) is 18.8 Å². The van der Waals surface area contributed by atoms with Crippen molar-refractivity contribution in [3.63, 3.8) is 0 Å². The lowest BCUT2D eigenvalue weighted by molar-refractivity contribution is -0.121. The Labute approximate surface area is 297 Å². The number of ketones is 1. The minimum absolute atomic E-state index is 0.0408. The Morgan fingerprint density at radius 1 is 0.962 bits per heavy atom. The number of hydrogen-bond acceptors (Lipinski definition) is 6. The second-order valence-corrected chi connectivity index (χ2v) is 14.0. The number of carbonyl (C=O) groups excluding carboxylic acids is 2. The SMILES string of the molecule is Cc1cc(-n2nc3c(c2-n2ccn(-c4ccc5c(cnn5C)c4F)c2=O)[C@H](C)N(C(=O)OCc2ccccc2)CC32CCC(=O)CC2)cc(C)c1F. The van der Waals surface area contributed by atoms with Gasteiger partial charge in [-0.3, -0.25) is 18.6 Å². The highest BCUT2D eigenvalue weighted by Gasteiger charge is 2.50. The van der Waals surface area contributed by atoms with Crippen LogP contribution in [0.1, 0.15) is 66.6 Å². The Morgan fingerprint density at radius 2 is 1.65 bits per heavy atom. The molecule has 0 radical (unpaired) electrons. The molecule has 1 amide bonds. The van der Waals surface area contributed by atoms with E-state index < -0.39 is 29.1 Å². The highest BCUT2D eigenvalue weighted by molar-refractivity contribution is 5.82. The molecule has 0 saturated heterocycles. The molecule has 1 fully saturated rings. The molecule has 1 aliphatic carbocycles. The molecular weight excluding hydrogens is 668 g/mol. The van der Waals surface area contributed by atoms with Crippen LogP contribution >= 0.6 is 0 Å². The first-order valence-corrected chi connectivity index (χ1v) is 17.3. The van der Waals surface area contributed by atoms with Crippen LogP contribution in [0.25, 0.3) is 28.1 Å². The number of halogens is 2. The lowest BCUT2D eigenvalue weighted by Crippen LogP contribution is -2.51. The van der Waals surface area contributed by atoms with Crippen molar-refractivity contribution >= 4 is 22.8 Å². The van der Waals surface area contributed by atoms with Gasteiger partial charge in [0.15, 0.2) is 5.82 Å². The Bertz CT molecular complexity index is 2430. The number of ether oxygens (including phenoxy) is 1. The Hall–Kier alpha value is -5.85. The molecule has 0 unspecified atom stereocenters. The first-order valence-electron chi connectivity index (χ1n) is 17.3. The second-order valence-electron chi connectivity index (χ2n) is 14.0. The van der Waals surface area contributed by atoms with Crippen molar-refractivity contribution in [3.05, 3.63) is 123 Å². The fourth-order valence-electron chi connectivity index (χ4n) is 7.87. The van der Waals surface area contributed by atoms with Gasteiger partial charge < -0.3 is 9.64 Å². The number of amides is 1. The number of hydrogen-bond donors (Lipinski definition) is 0. The molecule has 0 bridgehead atoms. The number of rotatable bonds is 5. The van der Waals surface area contributed by atoms with Gasteiger partial charge in [0, 0.05) is 49.8 Å². The molecule has 11 nitrogen and oxygen atoms in total. The smallest absolute Gasteiger partial charge is 0.410 e. The highest BCUT2D eigenvalue weighted by Crippen LogP contribution is 2.49. The zero-order valence-corrected chi connectivity index (χ0v) is 29.3. The van der Waals surface area contributed by atoms with E-state index in [0.717, 1.165) is 5.56 Å². The zero-order valence-electron chi connectivity index (χ0n) is 29.3. The molecule has 8 rings (SSSR count). The van der Waals surface area contributed by atoms with E-state index in [1.807, 2.05) is 37.3 Å². The zero-order chi connectivity index (χ0) is 36.5. The lowest BCUT2D eigenvalue weighted by atomic mass is 9.67. The maximum Gasteiger partial charge on any atom is 0.410 e. The molecule has 0 N–H and O–H groups in total. The lowest BCUT2D eigenvalue weighted by Gasteiger charge is -2.46. The average molecular weight is 706 g/mol. The van der Waals surface area contributed by atoms with E-state index in [2.05, 4.69) is 5.10 Å². The minimum Gasteiger partial charge on any atom is -0.445 e. The number of nitrogens with zero attached hydrogens (tertiary/aromatic N) is 7. The van der Waals surface area contributed by atoms with Crippen LogP contribution in [-0.2, 0) is 28.6 Å². The molecule has 52 heavy (non-hydrogen) atoms. The van der Waals surface area contributed by atoms with Gasteiger partial charge in [0.05, 0.1) is 40.2 Å². The molecule has 13 heteroatoms. The number of aromatic nitrogens is 6. The van der Waals surface area contributed by atoms with Gasteiger partial charge >= 0.3 is 11.8 Å². The molecule has 3 aromatic carbocycles. The van der Waals surface area contributed by atoms with Crippen LogP contribution in [0.15, 0.2) is 78.0 Å². The van der Waals surface area contributed by atoms with Gasteiger partial charge in [0.2, 0.25) is 0 Å². The minimum atomic E-state index is -0.727. The van der Waals surface area contributed by atoms with Crippen molar-refractivity contribution in [2.45, 2.75) is 64.5 Å². The summed E-state index contributed by atoms with van der Waals surface area (Å²) >= 11 is 0. The molecule has 1 atom stereocenters. The summed E-state index contributed by atoms with van der Waals surface area (Å²) in [5.41, 5.74) is 2.70. The quantitative estimate of drug-likeness (QED) is 0.198. The van der Waals surface area contributed by atoms with Crippen LogP contribution in [0.5, 0.6) is 0 Å². The molecule has 1 aliphatic heterocycles. The third kappa shape index (κ3) is 5.25. The van der Waals surface area contributed by atoms with Crippen LogP contribution in [0.4, 0.5) is 13.6 Å². The number of Topliss-reactive ketones (excluding diaryl/α,β-unsaturated/α-hetero) is 1. The number of imidazole rings is 1. The number of carbonyl (C=O) groups is 2. The Kier molecular flexibility index (Phi) is 7.96. The van der Waals surface area contributed by atoms with Crippen LogP contribution in [0.2, 0.25) is 0 Å². The summed E-state index contributed by atoms with van der Waals surface area (Å²) in [4.78, 5) is 42.7. The Balaban J connectivity index is 1.33. The van der Waals surface area contributed by atoms with Gasteiger partial charge in [-0.25, -0.2) is 23.1 Å². The van der Waals surface area contributed by atoms with Crippen molar-refractivity contribution in [2.24, 2.45) is 7.05 Å². The predicted octanol–water partition coefficient (Wildman–Crippen LogP) is 6.69. The summed E-state index contributed by atoms with van der Waals surface area (Å²) in [5.74, 6) is -0.488. The first kappa shape index (κ1) is 33.3. The van der Waals surface area contributed by atoms with Crippen molar-refractivity contribution in [3.8, 4) is 17.2 Å². The summed E-state index contributed by atoms with van der Waals surface area (Å²) in [6, 6.07) is 15.3. The van der Waals surface area contributed by atoms with Crippen LogP contribution in [0.3, 0.4) is 0 Å². The molecule has 1 spiro atoms. The monoisotopic (exact) mass is 705 g/mol.